The summed E-state index contributed by atoms with van der Waals surface area (Å²) in [5, 5.41) is 9.52. The molecule has 0 aliphatic heterocycles. The highest BCUT2D eigenvalue weighted by molar-refractivity contribution is 6.30. The number of aromatic carboxylic acids is 1. The van der Waals surface area contributed by atoms with Crippen LogP contribution in [-0.2, 0) is 0 Å². The van der Waals surface area contributed by atoms with Crippen LogP contribution in [0.5, 0.6) is 0 Å². The molecule has 0 amide bonds. The number of halogens is 1. The van der Waals surface area contributed by atoms with Crippen molar-refractivity contribution in [2.24, 2.45) is 0 Å². The molecule has 19 heavy (non-hydrogen) atoms. The molecule has 1 heterocycles. The fourth-order valence-corrected chi connectivity index (χ4v) is 2.00. The van der Waals surface area contributed by atoms with Crippen LogP contribution < -0.4 is 0 Å². The lowest BCUT2D eigenvalue weighted by Gasteiger charge is -1.94. The lowest BCUT2D eigenvalue weighted by atomic mass is 10.2. The van der Waals surface area contributed by atoms with Gasteiger partial charge in [-0.2, -0.15) is 0 Å². The van der Waals surface area contributed by atoms with Crippen LogP contribution in [0.4, 0.5) is 0 Å². The molecule has 4 nitrogen and oxygen atoms in total. The fourth-order valence-electron chi connectivity index (χ4n) is 1.81. The monoisotopic (exact) mass is 273 g/mol. The maximum Gasteiger partial charge on any atom is 0.335 e. The molecule has 0 atom stereocenters. The maximum atomic E-state index is 10.9. The summed E-state index contributed by atoms with van der Waals surface area (Å²) in [4.78, 5) is 15.2. The van der Waals surface area contributed by atoms with E-state index in [1.807, 2.05) is 6.07 Å². The van der Waals surface area contributed by atoms with E-state index in [1.54, 1.807) is 24.3 Å². The summed E-state index contributed by atoms with van der Waals surface area (Å²) in [5.74, 6) is -0.575. The first-order valence-corrected chi connectivity index (χ1v) is 5.91. The molecule has 0 aliphatic carbocycles. The normalized spacial score (nSPS) is 10.8. The molecule has 3 aromatic rings. The van der Waals surface area contributed by atoms with E-state index in [0.717, 1.165) is 5.56 Å². The second-order valence-corrected chi connectivity index (χ2v) is 4.45. The number of oxazole rings is 1. The maximum absolute atomic E-state index is 10.9. The summed E-state index contributed by atoms with van der Waals surface area (Å²) in [7, 11) is 0. The van der Waals surface area contributed by atoms with Crippen molar-refractivity contribution >= 4 is 28.7 Å². The van der Waals surface area contributed by atoms with E-state index in [4.69, 9.17) is 21.1 Å². The second-order valence-electron chi connectivity index (χ2n) is 4.02. The number of benzene rings is 2. The Hall–Kier alpha value is -2.33. The van der Waals surface area contributed by atoms with Crippen LogP contribution in [0.25, 0.3) is 22.6 Å². The molecule has 94 valence electrons. The van der Waals surface area contributed by atoms with Gasteiger partial charge in [-0.25, -0.2) is 9.78 Å². The molecule has 0 saturated heterocycles. The summed E-state index contributed by atoms with van der Waals surface area (Å²) < 4.78 is 5.58. The second kappa shape index (κ2) is 4.40. The zero-order chi connectivity index (χ0) is 13.4. The zero-order valence-corrected chi connectivity index (χ0v) is 10.4. The van der Waals surface area contributed by atoms with Crippen molar-refractivity contribution in [3.8, 4) is 11.5 Å². The van der Waals surface area contributed by atoms with Gasteiger partial charge in [-0.05, 0) is 36.4 Å². The van der Waals surface area contributed by atoms with Crippen LogP contribution in [0, 0.1) is 0 Å². The first kappa shape index (κ1) is 11.7. The van der Waals surface area contributed by atoms with Crippen molar-refractivity contribution in [2.45, 2.75) is 0 Å². The van der Waals surface area contributed by atoms with Crippen molar-refractivity contribution in [3.05, 3.63) is 53.1 Å². The van der Waals surface area contributed by atoms with Crippen molar-refractivity contribution in [1.29, 1.82) is 0 Å². The molecule has 0 aliphatic rings. The van der Waals surface area contributed by atoms with Crippen molar-refractivity contribution in [3.63, 3.8) is 0 Å². The molecule has 1 N–H and O–H groups in total. The molecule has 0 spiro atoms. The van der Waals surface area contributed by atoms with Crippen LogP contribution in [0.15, 0.2) is 46.9 Å². The van der Waals surface area contributed by atoms with Gasteiger partial charge in [-0.15, -0.1) is 0 Å². The predicted molar refractivity (Wildman–Crippen MR) is 71.4 cm³/mol. The van der Waals surface area contributed by atoms with E-state index in [0.29, 0.717) is 22.0 Å². The lowest BCUT2D eigenvalue weighted by Crippen LogP contribution is -1.94. The zero-order valence-electron chi connectivity index (χ0n) is 9.63. The highest BCUT2D eigenvalue weighted by atomic mass is 35.5. The van der Waals surface area contributed by atoms with E-state index < -0.39 is 5.97 Å². The number of carboxylic acid groups (broad SMARTS) is 1. The molecule has 0 saturated carbocycles. The Bertz CT molecular complexity index is 779. The van der Waals surface area contributed by atoms with Gasteiger partial charge < -0.3 is 9.52 Å². The summed E-state index contributed by atoms with van der Waals surface area (Å²) in [6, 6.07) is 11.7. The first-order chi connectivity index (χ1) is 9.13. The number of hydrogen-bond donors (Lipinski definition) is 1. The van der Waals surface area contributed by atoms with Gasteiger partial charge in [0.15, 0.2) is 5.58 Å². The number of carbonyl (C=O) groups is 1. The van der Waals surface area contributed by atoms with Crippen LogP contribution in [-0.4, -0.2) is 16.1 Å². The van der Waals surface area contributed by atoms with Crippen LogP contribution in [0.3, 0.4) is 0 Å². The van der Waals surface area contributed by atoms with Gasteiger partial charge in [0, 0.05) is 10.6 Å². The molecule has 2 aromatic carbocycles. The minimum absolute atomic E-state index is 0.179. The SMILES string of the molecule is O=C(O)c1ccc2oc(-c3cccc(Cl)c3)nc2c1. The number of aromatic nitrogens is 1. The average molecular weight is 274 g/mol. The van der Waals surface area contributed by atoms with Crippen LogP contribution in [0.1, 0.15) is 10.4 Å². The van der Waals surface area contributed by atoms with Gasteiger partial charge >= 0.3 is 5.97 Å². The summed E-state index contributed by atoms with van der Waals surface area (Å²) in [5.41, 5.74) is 1.98. The molecule has 0 unspecified atom stereocenters. The molecule has 3 rings (SSSR count). The van der Waals surface area contributed by atoms with Crippen molar-refractivity contribution in [2.75, 3.05) is 0 Å². The van der Waals surface area contributed by atoms with Gasteiger partial charge in [0.1, 0.15) is 5.52 Å². The van der Waals surface area contributed by atoms with E-state index in [2.05, 4.69) is 4.98 Å². The van der Waals surface area contributed by atoms with E-state index in [9.17, 15) is 4.79 Å². The Labute approximate surface area is 113 Å². The number of nitrogens with zero attached hydrogens (tertiary/aromatic N) is 1. The molecule has 0 fully saturated rings. The molecule has 0 bridgehead atoms. The number of fused-ring (bicyclic) bond motifs is 1. The number of carboxylic acids is 1. The Kier molecular flexibility index (Phi) is 2.72. The molecular weight excluding hydrogens is 266 g/mol. The highest BCUT2D eigenvalue weighted by Crippen LogP contribution is 2.26. The van der Waals surface area contributed by atoms with E-state index >= 15 is 0 Å². The minimum Gasteiger partial charge on any atom is -0.478 e. The van der Waals surface area contributed by atoms with Crippen LogP contribution in [0.2, 0.25) is 5.02 Å². The van der Waals surface area contributed by atoms with Crippen molar-refractivity contribution < 1.29 is 14.3 Å². The quantitative estimate of drug-likeness (QED) is 0.770. The predicted octanol–water partition coefficient (Wildman–Crippen LogP) is 3.85. The smallest absolute Gasteiger partial charge is 0.335 e. The molecule has 1 aromatic heterocycles. The summed E-state index contributed by atoms with van der Waals surface area (Å²) in [6.07, 6.45) is 0. The van der Waals surface area contributed by atoms with Gasteiger partial charge in [-0.1, -0.05) is 17.7 Å². The van der Waals surface area contributed by atoms with Gasteiger partial charge in [0.25, 0.3) is 0 Å². The Morgan fingerprint density at radius 3 is 2.79 bits per heavy atom. The third-order valence-corrected chi connectivity index (χ3v) is 2.94. The third-order valence-electron chi connectivity index (χ3n) is 2.71. The first-order valence-electron chi connectivity index (χ1n) is 5.53. The topological polar surface area (TPSA) is 63.3 Å². The summed E-state index contributed by atoms with van der Waals surface area (Å²) in [6.45, 7) is 0. The standard InChI is InChI=1S/C14H8ClNO3/c15-10-3-1-2-8(6-10)13-16-11-7-9(14(17)18)4-5-12(11)19-13/h1-7H,(H,17,18). The summed E-state index contributed by atoms with van der Waals surface area (Å²) >= 11 is 5.91. The third kappa shape index (κ3) is 2.18. The fraction of sp³-hybridized carbons (Fsp3) is 0. The highest BCUT2D eigenvalue weighted by Gasteiger charge is 2.11. The largest absolute Gasteiger partial charge is 0.478 e. The molecule has 0 radical (unpaired) electrons. The Morgan fingerprint density at radius 1 is 1.21 bits per heavy atom. The Balaban J connectivity index is 2.14. The number of rotatable bonds is 2. The molecule has 5 heteroatoms. The molecular formula is C14H8ClNO3. The van der Waals surface area contributed by atoms with Gasteiger partial charge in [0.2, 0.25) is 5.89 Å². The minimum atomic E-state index is -0.991. The average Bonchev–Trinajstić information content (AvgIpc) is 2.81. The number of hydrogen-bond acceptors (Lipinski definition) is 3. The Morgan fingerprint density at radius 2 is 2.05 bits per heavy atom. The van der Waals surface area contributed by atoms with Crippen LogP contribution >= 0.6 is 11.6 Å². The van der Waals surface area contributed by atoms with Gasteiger partial charge in [-0.3, -0.25) is 0 Å². The van der Waals surface area contributed by atoms with E-state index in [1.165, 1.54) is 12.1 Å². The van der Waals surface area contributed by atoms with E-state index in [-0.39, 0.29) is 5.56 Å². The van der Waals surface area contributed by atoms with Gasteiger partial charge in [0.05, 0.1) is 5.56 Å². The lowest BCUT2D eigenvalue weighted by molar-refractivity contribution is 0.0697. The van der Waals surface area contributed by atoms with Crippen molar-refractivity contribution in [1.82, 2.24) is 4.98 Å².